The van der Waals surface area contributed by atoms with Gasteiger partial charge in [0, 0.05) is 12.0 Å². The third-order valence-corrected chi connectivity index (χ3v) is 3.75. The third-order valence-electron chi connectivity index (χ3n) is 3.75. The molecule has 0 spiro atoms. The molecule has 1 heterocycles. The molecule has 1 aromatic heterocycles. The lowest BCUT2D eigenvalue weighted by Crippen LogP contribution is -2.09. The second-order valence-electron chi connectivity index (χ2n) is 5.60. The van der Waals surface area contributed by atoms with Gasteiger partial charge in [-0.1, -0.05) is 41.6 Å². The number of aromatic nitrogens is 2. The molecule has 3 aromatic rings. The summed E-state index contributed by atoms with van der Waals surface area (Å²) in [5, 5.41) is 3.93. The number of rotatable bonds is 5. The zero-order valence-electron chi connectivity index (χ0n) is 13.7. The van der Waals surface area contributed by atoms with Gasteiger partial charge in [-0.05, 0) is 37.1 Å². The van der Waals surface area contributed by atoms with Crippen LogP contribution in [0.5, 0.6) is 5.75 Å². The standard InChI is InChI=1S/C19H18N2O3/c1-13-8-9-16(12-14(13)2)23-18(22)11-10-17-20-19(21-24-17)15-6-4-3-5-7-15/h3-9,12H,10-11H2,1-2H3. The van der Waals surface area contributed by atoms with Crippen molar-refractivity contribution in [2.75, 3.05) is 0 Å². The summed E-state index contributed by atoms with van der Waals surface area (Å²) in [4.78, 5) is 16.2. The summed E-state index contributed by atoms with van der Waals surface area (Å²) in [5.41, 5.74) is 3.13. The fourth-order valence-electron chi connectivity index (χ4n) is 2.23. The first kappa shape index (κ1) is 15.9. The van der Waals surface area contributed by atoms with Crippen molar-refractivity contribution in [3.63, 3.8) is 0 Å². The molecule has 0 fully saturated rings. The first-order chi connectivity index (χ1) is 11.6. The van der Waals surface area contributed by atoms with Crippen molar-refractivity contribution in [3.8, 4) is 17.1 Å². The number of nitrogens with zero attached hydrogens (tertiary/aromatic N) is 2. The predicted molar refractivity (Wildman–Crippen MR) is 89.6 cm³/mol. The molecule has 0 atom stereocenters. The van der Waals surface area contributed by atoms with E-state index in [-0.39, 0.29) is 12.4 Å². The molecule has 2 aromatic carbocycles. The van der Waals surface area contributed by atoms with Gasteiger partial charge in [-0.2, -0.15) is 4.98 Å². The molecule has 0 saturated heterocycles. The Hall–Kier alpha value is -2.95. The van der Waals surface area contributed by atoms with E-state index in [0.29, 0.717) is 23.9 Å². The smallest absolute Gasteiger partial charge is 0.311 e. The van der Waals surface area contributed by atoms with Crippen LogP contribution in [0.25, 0.3) is 11.4 Å². The molecule has 0 aliphatic rings. The molecular formula is C19H18N2O3. The number of ether oxygens (including phenoxy) is 1. The van der Waals surface area contributed by atoms with Crippen LogP contribution < -0.4 is 4.74 Å². The van der Waals surface area contributed by atoms with Gasteiger partial charge in [0.2, 0.25) is 11.7 Å². The first-order valence-corrected chi connectivity index (χ1v) is 7.78. The Balaban J connectivity index is 1.56. The minimum absolute atomic E-state index is 0.184. The van der Waals surface area contributed by atoms with E-state index in [9.17, 15) is 4.79 Å². The average molecular weight is 322 g/mol. The molecule has 0 aliphatic heterocycles. The fraction of sp³-hybridized carbons (Fsp3) is 0.211. The van der Waals surface area contributed by atoms with Crippen molar-refractivity contribution in [2.24, 2.45) is 0 Å². The molecule has 0 amide bonds. The van der Waals surface area contributed by atoms with Crippen LogP contribution >= 0.6 is 0 Å². The Kier molecular flexibility index (Phi) is 4.70. The second kappa shape index (κ2) is 7.08. The van der Waals surface area contributed by atoms with E-state index in [1.54, 1.807) is 6.07 Å². The maximum absolute atomic E-state index is 11.9. The van der Waals surface area contributed by atoms with Gasteiger partial charge in [0.1, 0.15) is 5.75 Å². The molecule has 5 nitrogen and oxygen atoms in total. The Labute approximate surface area is 140 Å². The molecule has 24 heavy (non-hydrogen) atoms. The Morgan fingerprint density at radius 3 is 2.62 bits per heavy atom. The van der Waals surface area contributed by atoms with Crippen LogP contribution in [0, 0.1) is 13.8 Å². The molecule has 3 rings (SSSR count). The highest BCUT2D eigenvalue weighted by Crippen LogP contribution is 2.18. The molecule has 122 valence electrons. The normalized spacial score (nSPS) is 10.6. The lowest BCUT2D eigenvalue weighted by Gasteiger charge is -2.05. The third kappa shape index (κ3) is 3.87. The van der Waals surface area contributed by atoms with Crippen molar-refractivity contribution in [1.29, 1.82) is 0 Å². The second-order valence-corrected chi connectivity index (χ2v) is 5.60. The van der Waals surface area contributed by atoms with Crippen LogP contribution in [0.15, 0.2) is 53.1 Å². The van der Waals surface area contributed by atoms with Crippen LogP contribution in [-0.2, 0) is 11.2 Å². The molecular weight excluding hydrogens is 304 g/mol. The van der Waals surface area contributed by atoms with E-state index in [0.717, 1.165) is 16.7 Å². The van der Waals surface area contributed by atoms with E-state index >= 15 is 0 Å². The maximum atomic E-state index is 11.9. The van der Waals surface area contributed by atoms with Gasteiger partial charge in [0.15, 0.2) is 0 Å². The predicted octanol–water partition coefficient (Wildman–Crippen LogP) is 3.89. The van der Waals surface area contributed by atoms with Crippen molar-refractivity contribution in [1.82, 2.24) is 10.1 Å². The lowest BCUT2D eigenvalue weighted by molar-refractivity contribution is -0.134. The summed E-state index contributed by atoms with van der Waals surface area (Å²) < 4.78 is 10.5. The van der Waals surface area contributed by atoms with Crippen LogP contribution in [-0.4, -0.2) is 16.1 Å². The molecule has 0 saturated carbocycles. The monoisotopic (exact) mass is 322 g/mol. The quantitative estimate of drug-likeness (QED) is 0.526. The first-order valence-electron chi connectivity index (χ1n) is 7.78. The highest BCUT2D eigenvalue weighted by molar-refractivity contribution is 5.72. The summed E-state index contributed by atoms with van der Waals surface area (Å²) in [6, 6.07) is 15.1. The van der Waals surface area contributed by atoms with Crippen molar-refractivity contribution >= 4 is 5.97 Å². The number of esters is 1. The van der Waals surface area contributed by atoms with Gasteiger partial charge in [0.25, 0.3) is 0 Å². The van der Waals surface area contributed by atoms with Crippen molar-refractivity contribution in [3.05, 3.63) is 65.5 Å². The summed E-state index contributed by atoms with van der Waals surface area (Å²) in [7, 11) is 0. The number of hydrogen-bond donors (Lipinski definition) is 0. The van der Waals surface area contributed by atoms with Crippen molar-refractivity contribution < 1.29 is 14.1 Å². The Morgan fingerprint density at radius 2 is 1.88 bits per heavy atom. The molecule has 0 aliphatic carbocycles. The zero-order chi connectivity index (χ0) is 16.9. The van der Waals surface area contributed by atoms with Gasteiger partial charge in [-0.3, -0.25) is 4.79 Å². The number of benzene rings is 2. The molecule has 0 bridgehead atoms. The van der Waals surface area contributed by atoms with Gasteiger partial charge < -0.3 is 9.26 Å². The highest BCUT2D eigenvalue weighted by atomic mass is 16.5. The highest BCUT2D eigenvalue weighted by Gasteiger charge is 2.12. The number of carbonyl (C=O) groups excluding carboxylic acids is 1. The van der Waals surface area contributed by atoms with E-state index in [4.69, 9.17) is 9.26 Å². The summed E-state index contributed by atoms with van der Waals surface area (Å²) in [6.07, 6.45) is 0.535. The summed E-state index contributed by atoms with van der Waals surface area (Å²) >= 11 is 0. The molecule has 0 unspecified atom stereocenters. The average Bonchev–Trinajstić information content (AvgIpc) is 3.06. The Morgan fingerprint density at radius 1 is 1.08 bits per heavy atom. The molecule has 0 radical (unpaired) electrons. The van der Waals surface area contributed by atoms with E-state index in [1.807, 2.05) is 56.3 Å². The van der Waals surface area contributed by atoms with Gasteiger partial charge in [0.05, 0.1) is 6.42 Å². The van der Waals surface area contributed by atoms with Gasteiger partial charge in [-0.15, -0.1) is 0 Å². The minimum Gasteiger partial charge on any atom is -0.427 e. The van der Waals surface area contributed by atoms with Crippen molar-refractivity contribution in [2.45, 2.75) is 26.7 Å². The van der Waals surface area contributed by atoms with Gasteiger partial charge >= 0.3 is 5.97 Å². The minimum atomic E-state index is -0.322. The molecule has 0 N–H and O–H groups in total. The lowest BCUT2D eigenvalue weighted by atomic mass is 10.1. The van der Waals surface area contributed by atoms with E-state index in [2.05, 4.69) is 10.1 Å². The Bertz CT molecular complexity index is 841. The molecule has 5 heteroatoms. The SMILES string of the molecule is Cc1ccc(OC(=O)CCc2nc(-c3ccccc3)no2)cc1C. The fourth-order valence-corrected chi connectivity index (χ4v) is 2.23. The number of aryl methyl sites for hydroxylation is 3. The number of hydrogen-bond acceptors (Lipinski definition) is 5. The van der Waals surface area contributed by atoms with Crippen LogP contribution in [0.2, 0.25) is 0 Å². The van der Waals surface area contributed by atoms with Crippen LogP contribution in [0.3, 0.4) is 0 Å². The maximum Gasteiger partial charge on any atom is 0.311 e. The largest absolute Gasteiger partial charge is 0.427 e. The topological polar surface area (TPSA) is 65.2 Å². The van der Waals surface area contributed by atoms with Gasteiger partial charge in [-0.25, -0.2) is 0 Å². The van der Waals surface area contributed by atoms with Crippen LogP contribution in [0.1, 0.15) is 23.4 Å². The zero-order valence-corrected chi connectivity index (χ0v) is 13.7. The number of carbonyl (C=O) groups is 1. The summed E-state index contributed by atoms with van der Waals surface area (Å²) in [5.74, 6) is 1.18. The summed E-state index contributed by atoms with van der Waals surface area (Å²) in [6.45, 7) is 4.00. The van der Waals surface area contributed by atoms with Crippen LogP contribution in [0.4, 0.5) is 0 Å². The van der Waals surface area contributed by atoms with E-state index < -0.39 is 0 Å². The van der Waals surface area contributed by atoms with E-state index in [1.165, 1.54) is 0 Å².